The summed E-state index contributed by atoms with van der Waals surface area (Å²) in [6.45, 7) is 1.96. The number of benzene rings is 1. The molecular weight excluding hydrogens is 318 g/mol. The molecule has 3 aromatic rings. The van der Waals surface area contributed by atoms with Crippen molar-refractivity contribution in [2.45, 2.75) is 12.1 Å². The van der Waals surface area contributed by atoms with Gasteiger partial charge in [0.1, 0.15) is 5.65 Å². The van der Waals surface area contributed by atoms with Crippen LogP contribution in [0, 0.1) is 6.92 Å². The van der Waals surface area contributed by atoms with Crippen molar-refractivity contribution in [1.82, 2.24) is 14.5 Å². The summed E-state index contributed by atoms with van der Waals surface area (Å²) in [4.78, 5) is 21.3. The van der Waals surface area contributed by atoms with E-state index in [4.69, 9.17) is 11.6 Å². The molecule has 2 aromatic heterocycles. The fourth-order valence-electron chi connectivity index (χ4n) is 2.36. The van der Waals surface area contributed by atoms with Gasteiger partial charge >= 0.3 is 0 Å². The number of fused-ring (bicyclic) bond motifs is 1. The van der Waals surface area contributed by atoms with Gasteiger partial charge < -0.3 is 0 Å². The monoisotopic (exact) mass is 331 g/mol. The molecule has 4 nitrogen and oxygen atoms in total. The molecule has 0 radical (unpaired) electrons. The predicted octanol–water partition coefficient (Wildman–Crippen LogP) is 3.68. The van der Waals surface area contributed by atoms with Gasteiger partial charge in [0.05, 0.1) is 0 Å². The maximum Gasteiger partial charge on any atom is 0.259 e. The molecule has 1 aromatic carbocycles. The molecule has 0 amide bonds. The Labute approximate surface area is 137 Å². The molecule has 0 fully saturated rings. The summed E-state index contributed by atoms with van der Waals surface area (Å²) in [5.41, 5.74) is 2.84. The Morgan fingerprint density at radius 2 is 2.00 bits per heavy atom. The van der Waals surface area contributed by atoms with E-state index in [-0.39, 0.29) is 5.56 Å². The maximum absolute atomic E-state index is 12.7. The second-order valence-corrected chi connectivity index (χ2v) is 6.22. The van der Waals surface area contributed by atoms with Gasteiger partial charge in [0, 0.05) is 34.8 Å². The third kappa shape index (κ3) is 2.51. The number of hydrogen-bond donors (Lipinski definition) is 0. The Morgan fingerprint density at radius 1 is 1.23 bits per heavy atom. The SMILES string of the molecule is CSc1ncc2cc(-c3ccc(C)cc3Cl)c(=O)n(C)c2n1. The van der Waals surface area contributed by atoms with Crippen LogP contribution in [0.25, 0.3) is 22.2 Å². The van der Waals surface area contributed by atoms with Gasteiger partial charge in [0.2, 0.25) is 0 Å². The third-order valence-electron chi connectivity index (χ3n) is 3.52. The Bertz CT molecular complexity index is 937. The van der Waals surface area contributed by atoms with Crippen LogP contribution in [0.4, 0.5) is 0 Å². The van der Waals surface area contributed by atoms with E-state index in [1.165, 1.54) is 11.8 Å². The summed E-state index contributed by atoms with van der Waals surface area (Å²) in [5.74, 6) is 0. The van der Waals surface area contributed by atoms with Gasteiger partial charge in [-0.2, -0.15) is 0 Å². The maximum atomic E-state index is 12.7. The number of aromatic nitrogens is 3. The molecule has 0 aliphatic carbocycles. The fourth-order valence-corrected chi connectivity index (χ4v) is 3.03. The Morgan fingerprint density at radius 3 is 2.68 bits per heavy atom. The van der Waals surface area contributed by atoms with Gasteiger partial charge in [-0.25, -0.2) is 9.97 Å². The number of halogens is 1. The highest BCUT2D eigenvalue weighted by Crippen LogP contribution is 2.28. The van der Waals surface area contributed by atoms with E-state index in [2.05, 4.69) is 9.97 Å². The topological polar surface area (TPSA) is 47.8 Å². The molecule has 3 rings (SSSR count). The normalized spacial score (nSPS) is 11.1. The fraction of sp³-hybridized carbons (Fsp3) is 0.188. The minimum atomic E-state index is -0.121. The molecule has 0 bridgehead atoms. The van der Waals surface area contributed by atoms with Crippen molar-refractivity contribution in [3.05, 3.63) is 51.4 Å². The van der Waals surface area contributed by atoms with Crippen LogP contribution in [0.5, 0.6) is 0 Å². The zero-order valence-electron chi connectivity index (χ0n) is 12.4. The second-order valence-electron chi connectivity index (χ2n) is 5.04. The minimum Gasteiger partial charge on any atom is -0.295 e. The van der Waals surface area contributed by atoms with E-state index < -0.39 is 0 Å². The van der Waals surface area contributed by atoms with Crippen LogP contribution in [0.15, 0.2) is 40.4 Å². The number of hydrogen-bond acceptors (Lipinski definition) is 4. The lowest BCUT2D eigenvalue weighted by molar-refractivity contribution is 0.861. The van der Waals surface area contributed by atoms with Crippen LogP contribution >= 0.6 is 23.4 Å². The molecule has 0 aliphatic heterocycles. The summed E-state index contributed by atoms with van der Waals surface area (Å²) >= 11 is 7.75. The van der Waals surface area contributed by atoms with Crippen LogP contribution in [-0.4, -0.2) is 20.8 Å². The standard InChI is InChI=1S/C16H14ClN3OS/c1-9-4-5-11(13(17)6-9)12-7-10-8-18-16(22-3)19-14(10)20(2)15(12)21/h4-8H,1-3H3. The minimum absolute atomic E-state index is 0.121. The molecule has 0 unspecified atom stereocenters. The number of pyridine rings is 1. The third-order valence-corrected chi connectivity index (χ3v) is 4.40. The predicted molar refractivity (Wildman–Crippen MR) is 91.7 cm³/mol. The summed E-state index contributed by atoms with van der Waals surface area (Å²) in [6.07, 6.45) is 3.64. The largest absolute Gasteiger partial charge is 0.295 e. The molecule has 0 saturated heterocycles. The Balaban J connectivity index is 2.32. The van der Waals surface area contributed by atoms with Crippen LogP contribution in [0.2, 0.25) is 5.02 Å². The Kier molecular flexibility index (Phi) is 3.93. The van der Waals surface area contributed by atoms with Crippen molar-refractivity contribution in [1.29, 1.82) is 0 Å². The first kappa shape index (κ1) is 15.1. The first-order valence-electron chi connectivity index (χ1n) is 6.68. The number of rotatable bonds is 2. The highest BCUT2D eigenvalue weighted by atomic mass is 35.5. The van der Waals surface area contributed by atoms with Crippen molar-refractivity contribution in [3.8, 4) is 11.1 Å². The van der Waals surface area contributed by atoms with Gasteiger partial charge in [-0.05, 0) is 30.9 Å². The quantitative estimate of drug-likeness (QED) is 0.531. The zero-order chi connectivity index (χ0) is 15.9. The molecule has 112 valence electrons. The van der Waals surface area contributed by atoms with Gasteiger partial charge in [-0.1, -0.05) is 35.5 Å². The highest BCUT2D eigenvalue weighted by molar-refractivity contribution is 7.98. The lowest BCUT2D eigenvalue weighted by Gasteiger charge is -2.10. The van der Waals surface area contributed by atoms with E-state index in [1.807, 2.05) is 31.4 Å². The zero-order valence-corrected chi connectivity index (χ0v) is 14.0. The van der Waals surface area contributed by atoms with Crippen LogP contribution in [0.1, 0.15) is 5.56 Å². The highest BCUT2D eigenvalue weighted by Gasteiger charge is 2.13. The molecule has 2 heterocycles. The summed E-state index contributed by atoms with van der Waals surface area (Å²) in [6, 6.07) is 7.47. The summed E-state index contributed by atoms with van der Waals surface area (Å²) in [7, 11) is 1.72. The number of thioether (sulfide) groups is 1. The van der Waals surface area contributed by atoms with E-state index in [1.54, 1.807) is 23.9 Å². The molecule has 6 heteroatoms. The van der Waals surface area contributed by atoms with E-state index in [0.717, 1.165) is 16.5 Å². The van der Waals surface area contributed by atoms with Crippen molar-refractivity contribution >= 4 is 34.4 Å². The lowest BCUT2D eigenvalue weighted by Crippen LogP contribution is -2.20. The van der Waals surface area contributed by atoms with Crippen molar-refractivity contribution in [2.75, 3.05) is 6.26 Å². The summed E-state index contributed by atoms with van der Waals surface area (Å²) in [5, 5.41) is 2.02. The molecule has 0 saturated carbocycles. The van der Waals surface area contributed by atoms with E-state index in [9.17, 15) is 4.79 Å². The molecule has 0 N–H and O–H groups in total. The number of nitrogens with zero attached hydrogens (tertiary/aromatic N) is 3. The van der Waals surface area contributed by atoms with Crippen molar-refractivity contribution in [2.24, 2.45) is 7.05 Å². The number of aryl methyl sites for hydroxylation is 2. The molecule has 0 spiro atoms. The molecular formula is C16H14ClN3OS. The van der Waals surface area contributed by atoms with Gasteiger partial charge in [0.25, 0.3) is 5.56 Å². The van der Waals surface area contributed by atoms with Crippen LogP contribution < -0.4 is 5.56 Å². The molecule has 0 aliphatic rings. The molecule has 22 heavy (non-hydrogen) atoms. The van der Waals surface area contributed by atoms with Crippen LogP contribution in [-0.2, 0) is 7.05 Å². The average Bonchev–Trinajstić information content (AvgIpc) is 2.51. The first-order valence-corrected chi connectivity index (χ1v) is 8.29. The van der Waals surface area contributed by atoms with Crippen LogP contribution in [0.3, 0.4) is 0 Å². The average molecular weight is 332 g/mol. The van der Waals surface area contributed by atoms with Gasteiger partial charge in [0.15, 0.2) is 5.16 Å². The molecule has 0 atom stereocenters. The van der Waals surface area contributed by atoms with Gasteiger partial charge in [-0.3, -0.25) is 9.36 Å². The van der Waals surface area contributed by atoms with Crippen molar-refractivity contribution < 1.29 is 0 Å². The summed E-state index contributed by atoms with van der Waals surface area (Å²) < 4.78 is 1.54. The first-order chi connectivity index (χ1) is 10.5. The van der Waals surface area contributed by atoms with E-state index >= 15 is 0 Å². The van der Waals surface area contributed by atoms with E-state index in [0.29, 0.717) is 21.4 Å². The van der Waals surface area contributed by atoms with Crippen molar-refractivity contribution in [3.63, 3.8) is 0 Å². The van der Waals surface area contributed by atoms with Gasteiger partial charge in [-0.15, -0.1) is 0 Å². The second kappa shape index (κ2) is 5.74. The Hall–Kier alpha value is -1.85. The smallest absolute Gasteiger partial charge is 0.259 e. The lowest BCUT2D eigenvalue weighted by atomic mass is 10.0.